The highest BCUT2D eigenvalue weighted by Crippen LogP contribution is 2.33. The molecule has 12 heteroatoms. The van der Waals surface area contributed by atoms with E-state index in [4.69, 9.17) is 11.6 Å². The van der Waals surface area contributed by atoms with Gasteiger partial charge in [0.25, 0.3) is 5.56 Å². The van der Waals surface area contributed by atoms with Gasteiger partial charge in [0.1, 0.15) is 24.2 Å². The lowest BCUT2D eigenvalue weighted by Crippen LogP contribution is -2.45. The van der Waals surface area contributed by atoms with Crippen LogP contribution in [-0.2, 0) is 6.54 Å². The monoisotopic (exact) mass is 514 g/mol. The molecule has 1 fully saturated rings. The van der Waals surface area contributed by atoms with E-state index >= 15 is 0 Å². The van der Waals surface area contributed by atoms with Gasteiger partial charge in [-0.25, -0.2) is 22.5 Å². The first kappa shape index (κ1) is 25.0. The number of alkyl halides is 2. The van der Waals surface area contributed by atoms with Gasteiger partial charge >= 0.3 is 5.69 Å². The molecule has 0 bridgehead atoms. The fourth-order valence-corrected chi connectivity index (χ4v) is 4.48. The van der Waals surface area contributed by atoms with Crippen molar-refractivity contribution in [2.75, 3.05) is 18.0 Å². The highest BCUT2D eigenvalue weighted by atomic mass is 35.5. The van der Waals surface area contributed by atoms with Gasteiger partial charge in [-0.2, -0.15) is 10.5 Å². The molecule has 0 N–H and O–H groups in total. The molecular weight excluding hydrogens is 497 g/mol. The molecule has 184 valence electrons. The van der Waals surface area contributed by atoms with Gasteiger partial charge in [-0.3, -0.25) is 14.3 Å². The van der Waals surface area contributed by atoms with Crippen molar-refractivity contribution in [3.8, 4) is 29.0 Å². The Labute approximate surface area is 208 Å². The molecule has 8 nitrogen and oxygen atoms in total. The van der Waals surface area contributed by atoms with Crippen molar-refractivity contribution < 1.29 is 13.2 Å². The van der Waals surface area contributed by atoms with E-state index in [1.54, 1.807) is 11.0 Å². The lowest BCUT2D eigenvalue weighted by atomic mass is 9.96. The largest absolute Gasteiger partial charge is 0.357 e. The Morgan fingerprint density at radius 3 is 2.47 bits per heavy atom. The quantitative estimate of drug-likeness (QED) is 0.513. The van der Waals surface area contributed by atoms with Gasteiger partial charge in [0.15, 0.2) is 0 Å². The second kappa shape index (κ2) is 10.3. The molecule has 0 saturated carbocycles. The highest BCUT2D eigenvalue weighted by Gasteiger charge is 2.31. The normalized spacial score (nSPS) is 14.0. The van der Waals surface area contributed by atoms with Gasteiger partial charge in [-0.1, -0.05) is 17.7 Å². The lowest BCUT2D eigenvalue weighted by Gasteiger charge is -2.35. The summed E-state index contributed by atoms with van der Waals surface area (Å²) in [4.78, 5) is 32.9. The Kier molecular flexibility index (Phi) is 7.13. The number of anilines is 1. The summed E-state index contributed by atoms with van der Waals surface area (Å²) in [6.07, 6.45) is 0.254. The molecule has 0 amide bonds. The maximum absolute atomic E-state index is 14.1. The summed E-state index contributed by atoms with van der Waals surface area (Å²) in [6, 6.07) is 8.43. The van der Waals surface area contributed by atoms with Crippen molar-refractivity contribution in [1.29, 1.82) is 10.5 Å². The van der Waals surface area contributed by atoms with Crippen molar-refractivity contribution in [3.05, 3.63) is 73.9 Å². The smallest absolute Gasteiger partial charge is 0.338 e. The van der Waals surface area contributed by atoms with Gasteiger partial charge in [-0.15, -0.1) is 0 Å². The van der Waals surface area contributed by atoms with E-state index < -0.39 is 36.0 Å². The van der Waals surface area contributed by atoms with Crippen LogP contribution in [0.4, 0.5) is 19.0 Å². The van der Waals surface area contributed by atoms with Crippen LogP contribution in [0.1, 0.15) is 18.4 Å². The third-order valence-corrected chi connectivity index (χ3v) is 6.27. The van der Waals surface area contributed by atoms with Crippen molar-refractivity contribution in [2.45, 2.75) is 25.8 Å². The predicted octanol–water partition coefficient (Wildman–Crippen LogP) is 3.73. The summed E-state index contributed by atoms with van der Waals surface area (Å²) in [5, 5.41) is 19.0. The van der Waals surface area contributed by atoms with Crippen molar-refractivity contribution in [1.82, 2.24) is 14.1 Å². The maximum atomic E-state index is 14.1. The van der Waals surface area contributed by atoms with Crippen molar-refractivity contribution in [3.63, 3.8) is 0 Å². The maximum Gasteiger partial charge on any atom is 0.338 e. The SMILES string of the molecule is N#CCn1c(N2CCC(C(F)F)CC2)c(-c2ccc(F)c(C#N)c2)c(=O)n(-c2cncc(Cl)c2)c1=O. The lowest BCUT2D eigenvalue weighted by molar-refractivity contribution is 0.0634. The molecule has 1 saturated heterocycles. The number of pyridine rings is 1. The zero-order valence-electron chi connectivity index (χ0n) is 18.7. The van der Waals surface area contributed by atoms with E-state index in [-0.39, 0.29) is 59.1 Å². The standard InChI is InChI=1S/C24H18ClF3N6O2/c25-17-10-18(13-31-12-17)34-23(35)20(15-1-2-19(26)16(9-15)11-30)22(33(8-5-29)24(34)36)32-6-3-14(4-7-32)21(27)28/h1-2,9-10,12-14,21H,3-4,6-8H2. The summed E-state index contributed by atoms with van der Waals surface area (Å²) < 4.78 is 42.5. The minimum atomic E-state index is -2.51. The Morgan fingerprint density at radius 2 is 1.86 bits per heavy atom. The summed E-state index contributed by atoms with van der Waals surface area (Å²) in [5.74, 6) is -1.60. The van der Waals surface area contributed by atoms with E-state index in [2.05, 4.69) is 4.98 Å². The molecule has 0 spiro atoms. The number of piperidine rings is 1. The van der Waals surface area contributed by atoms with E-state index in [1.165, 1.54) is 30.6 Å². The molecule has 0 aliphatic carbocycles. The number of halogens is 4. The van der Waals surface area contributed by atoms with Crippen LogP contribution in [0.15, 0.2) is 46.2 Å². The minimum absolute atomic E-state index is 0.0380. The zero-order chi connectivity index (χ0) is 26.0. The first-order valence-corrected chi connectivity index (χ1v) is 11.3. The van der Waals surface area contributed by atoms with Gasteiger partial charge in [-0.05, 0) is 36.6 Å². The van der Waals surface area contributed by atoms with E-state index in [1.807, 2.05) is 6.07 Å². The minimum Gasteiger partial charge on any atom is -0.357 e. The van der Waals surface area contributed by atoms with Crippen LogP contribution < -0.4 is 16.1 Å². The molecule has 3 aromatic rings. The zero-order valence-corrected chi connectivity index (χ0v) is 19.4. The predicted molar refractivity (Wildman–Crippen MR) is 126 cm³/mol. The Balaban J connectivity index is 2.06. The summed E-state index contributed by atoms with van der Waals surface area (Å²) in [6.45, 7) is -0.265. The van der Waals surface area contributed by atoms with Gasteiger partial charge in [0, 0.05) is 25.2 Å². The number of aromatic nitrogens is 3. The molecular formula is C24H18ClF3N6O2. The molecule has 0 radical (unpaired) electrons. The summed E-state index contributed by atoms with van der Waals surface area (Å²) in [7, 11) is 0. The van der Waals surface area contributed by atoms with Gasteiger partial charge in [0.2, 0.25) is 6.43 Å². The average Bonchev–Trinajstić information content (AvgIpc) is 2.86. The van der Waals surface area contributed by atoms with E-state index in [0.717, 1.165) is 15.2 Å². The fraction of sp³-hybridized carbons (Fsp3) is 0.292. The molecule has 1 aliphatic heterocycles. The topological polar surface area (TPSA) is 108 Å². The Morgan fingerprint density at radius 1 is 1.14 bits per heavy atom. The molecule has 1 aliphatic rings. The van der Waals surface area contributed by atoms with Crippen LogP contribution in [0.3, 0.4) is 0 Å². The first-order valence-electron chi connectivity index (χ1n) is 10.9. The molecule has 36 heavy (non-hydrogen) atoms. The van der Waals surface area contributed by atoms with E-state index in [9.17, 15) is 33.3 Å². The van der Waals surface area contributed by atoms with Gasteiger partial charge in [0.05, 0.1) is 34.1 Å². The molecule has 0 unspecified atom stereocenters. The van der Waals surface area contributed by atoms with Crippen LogP contribution in [0, 0.1) is 34.4 Å². The Bertz CT molecular complexity index is 1510. The fourth-order valence-electron chi connectivity index (χ4n) is 4.32. The number of hydrogen-bond acceptors (Lipinski definition) is 6. The molecule has 3 heterocycles. The third-order valence-electron chi connectivity index (χ3n) is 6.07. The number of benzene rings is 1. The van der Waals surface area contributed by atoms with Crippen molar-refractivity contribution >= 4 is 17.4 Å². The first-order chi connectivity index (χ1) is 17.3. The third kappa shape index (κ3) is 4.58. The number of nitrogens with zero attached hydrogens (tertiary/aromatic N) is 6. The van der Waals surface area contributed by atoms with Crippen molar-refractivity contribution in [2.24, 2.45) is 5.92 Å². The molecule has 4 rings (SSSR count). The van der Waals surface area contributed by atoms with E-state index in [0.29, 0.717) is 0 Å². The average molecular weight is 515 g/mol. The second-order valence-electron chi connectivity index (χ2n) is 8.19. The number of rotatable bonds is 5. The summed E-state index contributed by atoms with van der Waals surface area (Å²) >= 11 is 6.02. The number of nitriles is 2. The van der Waals surface area contributed by atoms with Crippen LogP contribution in [-0.4, -0.2) is 33.6 Å². The molecule has 0 atom stereocenters. The second-order valence-corrected chi connectivity index (χ2v) is 8.63. The Hall–Kier alpha value is -4.09. The van der Waals surface area contributed by atoms with Crippen LogP contribution in [0.25, 0.3) is 16.8 Å². The highest BCUT2D eigenvalue weighted by molar-refractivity contribution is 6.30. The molecule has 2 aromatic heterocycles. The van der Waals surface area contributed by atoms with Gasteiger partial charge < -0.3 is 4.90 Å². The molecule has 1 aromatic carbocycles. The number of hydrogen-bond donors (Lipinski definition) is 0. The van der Waals surface area contributed by atoms with Crippen LogP contribution >= 0.6 is 11.6 Å². The van der Waals surface area contributed by atoms with Crippen LogP contribution in [0.2, 0.25) is 5.02 Å². The van der Waals surface area contributed by atoms with Crippen LogP contribution in [0.5, 0.6) is 0 Å². The summed E-state index contributed by atoms with van der Waals surface area (Å²) in [5.41, 5.74) is -1.93.